The Hall–Kier alpha value is -2.30. The van der Waals surface area contributed by atoms with Gasteiger partial charge in [0.05, 0.1) is 11.8 Å². The molecule has 2 heterocycles. The predicted octanol–water partition coefficient (Wildman–Crippen LogP) is 4.33. The number of hydrogen-bond acceptors (Lipinski definition) is 3. The van der Waals surface area contributed by atoms with Crippen molar-refractivity contribution in [3.8, 4) is 5.75 Å². The molecule has 1 aliphatic heterocycles. The zero-order valence-electron chi connectivity index (χ0n) is 13.3. The third-order valence-corrected chi connectivity index (χ3v) is 4.07. The van der Waals surface area contributed by atoms with Crippen molar-refractivity contribution >= 4 is 5.71 Å². The second-order valence-electron chi connectivity index (χ2n) is 5.76. The SMILES string of the molecule is Cc1cc(C2=N[C@@H](C)[C@@H](C)Oc3ccccc32)cnc1C(F)F. The van der Waals surface area contributed by atoms with Gasteiger partial charge in [-0.25, -0.2) is 8.78 Å². The van der Waals surface area contributed by atoms with Crippen molar-refractivity contribution < 1.29 is 13.5 Å². The minimum absolute atomic E-state index is 0.0486. The Morgan fingerprint density at radius 3 is 2.61 bits per heavy atom. The molecule has 1 aromatic heterocycles. The number of hydrogen-bond donors (Lipinski definition) is 0. The van der Waals surface area contributed by atoms with Crippen molar-refractivity contribution in [1.82, 2.24) is 4.98 Å². The second kappa shape index (κ2) is 6.07. The summed E-state index contributed by atoms with van der Waals surface area (Å²) >= 11 is 0. The van der Waals surface area contributed by atoms with E-state index in [0.29, 0.717) is 5.56 Å². The van der Waals surface area contributed by atoms with E-state index in [4.69, 9.17) is 9.73 Å². The molecule has 0 N–H and O–H groups in total. The van der Waals surface area contributed by atoms with Crippen LogP contribution in [0, 0.1) is 6.92 Å². The normalized spacial score (nSPS) is 20.5. The van der Waals surface area contributed by atoms with Crippen LogP contribution in [0.1, 0.15) is 42.7 Å². The zero-order valence-corrected chi connectivity index (χ0v) is 13.3. The summed E-state index contributed by atoms with van der Waals surface area (Å²) in [6, 6.07) is 9.30. The number of para-hydroxylation sites is 1. The molecule has 0 saturated carbocycles. The van der Waals surface area contributed by atoms with Crippen molar-refractivity contribution in [3.63, 3.8) is 0 Å². The lowest BCUT2D eigenvalue weighted by atomic mass is 10.0. The molecule has 5 heteroatoms. The number of aliphatic imine (C=N–C) groups is 1. The van der Waals surface area contributed by atoms with Gasteiger partial charge in [0.1, 0.15) is 17.5 Å². The van der Waals surface area contributed by atoms with E-state index in [9.17, 15) is 8.78 Å². The number of halogens is 2. The molecular weight excluding hydrogens is 298 g/mol. The van der Waals surface area contributed by atoms with E-state index in [0.717, 1.165) is 22.6 Å². The van der Waals surface area contributed by atoms with Crippen LogP contribution in [0.2, 0.25) is 0 Å². The topological polar surface area (TPSA) is 34.5 Å². The number of benzene rings is 1. The maximum absolute atomic E-state index is 12.9. The molecule has 2 atom stereocenters. The number of aryl methyl sites for hydroxylation is 1. The highest BCUT2D eigenvalue weighted by molar-refractivity contribution is 6.14. The lowest BCUT2D eigenvalue weighted by Gasteiger charge is -2.15. The van der Waals surface area contributed by atoms with Crippen LogP contribution in [0.15, 0.2) is 41.5 Å². The van der Waals surface area contributed by atoms with Crippen molar-refractivity contribution in [3.05, 3.63) is 58.9 Å². The number of ether oxygens (including phenoxy) is 1. The van der Waals surface area contributed by atoms with Crippen LogP contribution >= 0.6 is 0 Å². The molecule has 2 aromatic rings. The highest BCUT2D eigenvalue weighted by Crippen LogP contribution is 2.29. The third-order valence-electron chi connectivity index (χ3n) is 4.07. The van der Waals surface area contributed by atoms with E-state index >= 15 is 0 Å². The van der Waals surface area contributed by atoms with E-state index in [2.05, 4.69) is 4.98 Å². The van der Waals surface area contributed by atoms with Crippen LogP contribution in [0.25, 0.3) is 0 Å². The summed E-state index contributed by atoms with van der Waals surface area (Å²) in [6.07, 6.45) is -1.18. The molecule has 23 heavy (non-hydrogen) atoms. The first-order chi connectivity index (χ1) is 11.0. The number of fused-ring (bicyclic) bond motifs is 1. The number of nitrogens with zero attached hydrogens (tertiary/aromatic N) is 2. The lowest BCUT2D eigenvalue weighted by Crippen LogP contribution is -2.23. The maximum Gasteiger partial charge on any atom is 0.280 e. The van der Waals surface area contributed by atoms with Crippen LogP contribution in [0.3, 0.4) is 0 Å². The Morgan fingerprint density at radius 2 is 1.91 bits per heavy atom. The van der Waals surface area contributed by atoms with Gasteiger partial charge >= 0.3 is 0 Å². The Kier molecular flexibility index (Phi) is 4.11. The van der Waals surface area contributed by atoms with Gasteiger partial charge < -0.3 is 4.74 Å². The standard InChI is InChI=1S/C18H18F2N2O/c1-10-8-13(9-21-16(10)18(19)20)17-14-6-4-5-7-15(14)23-12(3)11(2)22-17/h4-9,11-12,18H,1-3H3/t11-,12+/m0/s1. The fourth-order valence-corrected chi connectivity index (χ4v) is 2.62. The summed E-state index contributed by atoms with van der Waals surface area (Å²) in [5.74, 6) is 0.749. The quantitative estimate of drug-likeness (QED) is 0.826. The molecule has 0 saturated heterocycles. The van der Waals surface area contributed by atoms with Gasteiger partial charge in [-0.05, 0) is 44.5 Å². The van der Waals surface area contributed by atoms with Gasteiger partial charge in [0.25, 0.3) is 6.43 Å². The minimum atomic E-state index is -2.57. The van der Waals surface area contributed by atoms with Gasteiger partial charge in [0, 0.05) is 17.3 Å². The maximum atomic E-state index is 12.9. The fourth-order valence-electron chi connectivity index (χ4n) is 2.62. The lowest BCUT2D eigenvalue weighted by molar-refractivity contribution is 0.145. The number of alkyl halides is 2. The van der Waals surface area contributed by atoms with Crippen LogP contribution in [-0.4, -0.2) is 22.8 Å². The average Bonchev–Trinajstić information content (AvgIpc) is 2.64. The molecule has 3 nitrogen and oxygen atoms in total. The van der Waals surface area contributed by atoms with Crippen LogP contribution in [0.4, 0.5) is 8.78 Å². The Morgan fingerprint density at radius 1 is 1.17 bits per heavy atom. The number of aromatic nitrogens is 1. The molecule has 1 aliphatic rings. The molecule has 0 bridgehead atoms. The summed E-state index contributed by atoms with van der Waals surface area (Å²) in [7, 11) is 0. The van der Waals surface area contributed by atoms with Crippen molar-refractivity contribution in [2.75, 3.05) is 0 Å². The van der Waals surface area contributed by atoms with Gasteiger partial charge in [-0.3, -0.25) is 9.98 Å². The van der Waals surface area contributed by atoms with E-state index in [1.807, 2.05) is 38.1 Å². The number of rotatable bonds is 2. The highest BCUT2D eigenvalue weighted by atomic mass is 19.3. The Bertz CT molecular complexity index is 758. The molecule has 0 unspecified atom stereocenters. The first-order valence-corrected chi connectivity index (χ1v) is 7.56. The molecule has 1 aromatic carbocycles. The van der Waals surface area contributed by atoms with Gasteiger partial charge in [-0.2, -0.15) is 0 Å². The Balaban J connectivity index is 2.14. The predicted molar refractivity (Wildman–Crippen MR) is 85.6 cm³/mol. The van der Waals surface area contributed by atoms with Gasteiger partial charge in [0.2, 0.25) is 0 Å². The van der Waals surface area contributed by atoms with E-state index in [-0.39, 0.29) is 17.8 Å². The van der Waals surface area contributed by atoms with Crippen LogP contribution < -0.4 is 4.74 Å². The first kappa shape index (κ1) is 15.6. The summed E-state index contributed by atoms with van der Waals surface area (Å²) in [5, 5.41) is 0. The average molecular weight is 316 g/mol. The van der Waals surface area contributed by atoms with Crippen molar-refractivity contribution in [1.29, 1.82) is 0 Å². The molecule has 3 rings (SSSR count). The molecule has 0 spiro atoms. The van der Waals surface area contributed by atoms with Crippen LogP contribution in [-0.2, 0) is 0 Å². The smallest absolute Gasteiger partial charge is 0.280 e. The minimum Gasteiger partial charge on any atom is -0.488 e. The summed E-state index contributed by atoms with van der Waals surface area (Å²) in [4.78, 5) is 8.68. The van der Waals surface area contributed by atoms with E-state index in [1.165, 1.54) is 6.20 Å². The van der Waals surface area contributed by atoms with Gasteiger partial charge in [-0.15, -0.1) is 0 Å². The Labute approximate surface area is 134 Å². The van der Waals surface area contributed by atoms with Crippen molar-refractivity contribution in [2.24, 2.45) is 4.99 Å². The fraction of sp³-hybridized carbons (Fsp3) is 0.333. The molecule has 0 aliphatic carbocycles. The molecule has 120 valence electrons. The summed E-state index contributed by atoms with van der Waals surface area (Å²) < 4.78 is 31.8. The highest BCUT2D eigenvalue weighted by Gasteiger charge is 2.24. The summed E-state index contributed by atoms with van der Waals surface area (Å²) in [6.45, 7) is 5.59. The largest absolute Gasteiger partial charge is 0.488 e. The van der Waals surface area contributed by atoms with E-state index in [1.54, 1.807) is 13.0 Å². The van der Waals surface area contributed by atoms with Crippen molar-refractivity contribution in [2.45, 2.75) is 39.3 Å². The van der Waals surface area contributed by atoms with Gasteiger partial charge in [0.15, 0.2) is 0 Å². The monoisotopic (exact) mass is 316 g/mol. The number of pyridine rings is 1. The molecular formula is C18H18F2N2O. The van der Waals surface area contributed by atoms with E-state index < -0.39 is 6.43 Å². The molecule has 0 amide bonds. The summed E-state index contributed by atoms with van der Waals surface area (Å²) in [5.41, 5.74) is 2.59. The van der Waals surface area contributed by atoms with Crippen LogP contribution in [0.5, 0.6) is 5.75 Å². The molecule has 0 fully saturated rings. The first-order valence-electron chi connectivity index (χ1n) is 7.56. The van der Waals surface area contributed by atoms with Gasteiger partial charge in [-0.1, -0.05) is 12.1 Å². The third kappa shape index (κ3) is 2.96. The zero-order chi connectivity index (χ0) is 16.6. The second-order valence-corrected chi connectivity index (χ2v) is 5.76. The molecule has 0 radical (unpaired) electrons.